The summed E-state index contributed by atoms with van der Waals surface area (Å²) in [6.45, 7) is 1.49. The Bertz CT molecular complexity index is 565. The molecular weight excluding hydrogens is 250 g/mol. The van der Waals surface area contributed by atoms with E-state index in [0.29, 0.717) is 5.02 Å². The van der Waals surface area contributed by atoms with Gasteiger partial charge in [0.15, 0.2) is 0 Å². The lowest BCUT2D eigenvalue weighted by atomic mass is 10.1. The molecule has 0 saturated carbocycles. The van der Waals surface area contributed by atoms with Crippen LogP contribution in [0.5, 0.6) is 0 Å². The van der Waals surface area contributed by atoms with Crippen LogP contribution in [0.15, 0.2) is 36.7 Å². The molecule has 1 aromatic heterocycles. The Morgan fingerprint density at radius 1 is 1.50 bits per heavy atom. The smallest absolute Gasteiger partial charge is 0.217 e. The Labute approximate surface area is 111 Å². The first kappa shape index (κ1) is 12.6. The minimum absolute atomic E-state index is 0.108. The molecule has 2 aromatic rings. The van der Waals surface area contributed by atoms with Crippen LogP contribution < -0.4 is 5.32 Å². The molecule has 2 rings (SSSR count). The van der Waals surface area contributed by atoms with Crippen molar-refractivity contribution >= 4 is 17.5 Å². The zero-order valence-corrected chi connectivity index (χ0v) is 11.0. The van der Waals surface area contributed by atoms with Crippen molar-refractivity contribution in [3.05, 3.63) is 53.1 Å². The maximum Gasteiger partial charge on any atom is 0.217 e. The second-order valence-corrected chi connectivity index (χ2v) is 4.52. The summed E-state index contributed by atoms with van der Waals surface area (Å²) >= 11 is 5.99. The zero-order valence-electron chi connectivity index (χ0n) is 10.2. The first-order chi connectivity index (χ1) is 8.58. The van der Waals surface area contributed by atoms with Crippen molar-refractivity contribution in [2.75, 3.05) is 0 Å². The average Bonchev–Trinajstić information content (AvgIpc) is 2.72. The number of aryl methyl sites for hydroxylation is 1. The number of carbonyl (C=O) groups is 1. The molecule has 4 nitrogen and oxygen atoms in total. The van der Waals surface area contributed by atoms with Gasteiger partial charge in [-0.3, -0.25) is 4.79 Å². The summed E-state index contributed by atoms with van der Waals surface area (Å²) in [4.78, 5) is 15.6. The van der Waals surface area contributed by atoms with Crippen LogP contribution in [0.1, 0.15) is 24.4 Å². The van der Waals surface area contributed by atoms with Gasteiger partial charge in [-0.05, 0) is 17.7 Å². The van der Waals surface area contributed by atoms with Crippen LogP contribution in [-0.2, 0) is 11.8 Å². The Morgan fingerprint density at radius 2 is 2.28 bits per heavy atom. The molecular formula is C13H14ClN3O. The van der Waals surface area contributed by atoms with E-state index in [1.165, 1.54) is 6.92 Å². The van der Waals surface area contributed by atoms with Gasteiger partial charge in [-0.1, -0.05) is 23.7 Å². The van der Waals surface area contributed by atoms with Crippen molar-refractivity contribution in [2.45, 2.75) is 13.0 Å². The van der Waals surface area contributed by atoms with E-state index in [4.69, 9.17) is 11.6 Å². The molecule has 0 aliphatic heterocycles. The Morgan fingerprint density at radius 3 is 2.83 bits per heavy atom. The van der Waals surface area contributed by atoms with Gasteiger partial charge in [-0.15, -0.1) is 0 Å². The summed E-state index contributed by atoms with van der Waals surface area (Å²) < 4.78 is 1.88. The van der Waals surface area contributed by atoms with Crippen LogP contribution in [0.2, 0.25) is 5.02 Å². The quantitative estimate of drug-likeness (QED) is 0.924. The molecule has 0 radical (unpaired) electrons. The number of carbonyl (C=O) groups excluding carboxylic acids is 1. The predicted molar refractivity (Wildman–Crippen MR) is 70.3 cm³/mol. The van der Waals surface area contributed by atoms with Crippen molar-refractivity contribution in [1.29, 1.82) is 0 Å². The maximum absolute atomic E-state index is 11.3. The molecule has 94 valence electrons. The molecule has 1 amide bonds. The zero-order chi connectivity index (χ0) is 13.1. The molecule has 0 aliphatic carbocycles. The lowest BCUT2D eigenvalue weighted by Crippen LogP contribution is -2.29. The summed E-state index contributed by atoms with van der Waals surface area (Å²) in [5, 5.41) is 3.52. The molecule has 0 saturated heterocycles. The number of nitrogens with one attached hydrogen (secondary N) is 1. The first-order valence-corrected chi connectivity index (χ1v) is 5.95. The molecule has 0 aliphatic rings. The first-order valence-electron chi connectivity index (χ1n) is 5.57. The molecule has 0 spiro atoms. The molecule has 5 heteroatoms. The van der Waals surface area contributed by atoms with Crippen molar-refractivity contribution in [3.8, 4) is 0 Å². The molecule has 1 atom stereocenters. The van der Waals surface area contributed by atoms with Crippen LogP contribution in [0.3, 0.4) is 0 Å². The minimum Gasteiger partial charge on any atom is -0.342 e. The van der Waals surface area contributed by atoms with Crippen LogP contribution in [-0.4, -0.2) is 15.5 Å². The largest absolute Gasteiger partial charge is 0.342 e. The van der Waals surface area contributed by atoms with Gasteiger partial charge in [0.25, 0.3) is 0 Å². The van der Waals surface area contributed by atoms with E-state index >= 15 is 0 Å². The van der Waals surface area contributed by atoms with Crippen molar-refractivity contribution < 1.29 is 4.79 Å². The lowest BCUT2D eigenvalue weighted by Gasteiger charge is -2.18. The number of imidazole rings is 1. The number of nitrogens with zero attached hydrogens (tertiary/aromatic N) is 2. The molecule has 1 unspecified atom stereocenters. The van der Waals surface area contributed by atoms with Gasteiger partial charge in [0.1, 0.15) is 11.9 Å². The minimum atomic E-state index is -0.291. The van der Waals surface area contributed by atoms with Gasteiger partial charge >= 0.3 is 0 Å². The van der Waals surface area contributed by atoms with Crippen LogP contribution in [0.25, 0.3) is 0 Å². The SMILES string of the molecule is CC(=O)NC(c1cccc(Cl)c1)c1nccn1C. The van der Waals surface area contributed by atoms with Crippen LogP contribution in [0, 0.1) is 0 Å². The highest BCUT2D eigenvalue weighted by molar-refractivity contribution is 6.30. The fourth-order valence-corrected chi connectivity index (χ4v) is 2.04. The van der Waals surface area contributed by atoms with Crippen molar-refractivity contribution in [3.63, 3.8) is 0 Å². The lowest BCUT2D eigenvalue weighted by molar-refractivity contribution is -0.119. The van der Waals surface area contributed by atoms with E-state index < -0.39 is 0 Å². The van der Waals surface area contributed by atoms with E-state index in [2.05, 4.69) is 10.3 Å². The standard InChI is InChI=1S/C13H14ClN3O/c1-9(18)16-12(13-15-6-7-17(13)2)10-4-3-5-11(14)8-10/h3-8,12H,1-2H3,(H,16,18). The number of amides is 1. The third-order valence-corrected chi connectivity index (χ3v) is 2.88. The summed E-state index contributed by atoms with van der Waals surface area (Å²) in [5.41, 5.74) is 0.909. The third kappa shape index (κ3) is 2.71. The van der Waals surface area contributed by atoms with Crippen LogP contribution >= 0.6 is 11.6 Å². The number of benzene rings is 1. The highest BCUT2D eigenvalue weighted by Crippen LogP contribution is 2.23. The molecule has 1 N–H and O–H groups in total. The third-order valence-electron chi connectivity index (χ3n) is 2.65. The molecule has 1 aromatic carbocycles. The van der Waals surface area contributed by atoms with E-state index in [0.717, 1.165) is 11.4 Å². The van der Waals surface area contributed by atoms with Crippen molar-refractivity contribution in [1.82, 2.24) is 14.9 Å². The van der Waals surface area contributed by atoms with Gasteiger partial charge in [0.05, 0.1) is 0 Å². The predicted octanol–water partition coefficient (Wildman–Crippen LogP) is 2.30. The molecule has 18 heavy (non-hydrogen) atoms. The van der Waals surface area contributed by atoms with E-state index in [1.807, 2.05) is 36.0 Å². The number of hydrogen-bond donors (Lipinski definition) is 1. The average molecular weight is 264 g/mol. The van der Waals surface area contributed by atoms with Crippen LogP contribution in [0.4, 0.5) is 0 Å². The van der Waals surface area contributed by atoms with Gasteiger partial charge < -0.3 is 9.88 Å². The number of halogens is 1. The van der Waals surface area contributed by atoms with Crippen molar-refractivity contribution in [2.24, 2.45) is 7.05 Å². The van der Waals surface area contributed by atoms with E-state index in [-0.39, 0.29) is 11.9 Å². The Kier molecular flexibility index (Phi) is 3.67. The fraction of sp³-hybridized carbons (Fsp3) is 0.231. The second kappa shape index (κ2) is 5.23. The summed E-state index contributed by atoms with van der Waals surface area (Å²) in [7, 11) is 1.89. The van der Waals surface area contributed by atoms with E-state index in [9.17, 15) is 4.79 Å². The molecule has 1 heterocycles. The van der Waals surface area contributed by atoms with E-state index in [1.54, 1.807) is 12.3 Å². The Hall–Kier alpha value is -1.81. The molecule has 0 fully saturated rings. The van der Waals surface area contributed by atoms with Gasteiger partial charge in [-0.25, -0.2) is 4.98 Å². The highest BCUT2D eigenvalue weighted by Gasteiger charge is 2.19. The Balaban J connectivity index is 2.43. The van der Waals surface area contributed by atoms with Gasteiger partial charge in [0.2, 0.25) is 5.91 Å². The monoisotopic (exact) mass is 263 g/mol. The highest BCUT2D eigenvalue weighted by atomic mass is 35.5. The van der Waals surface area contributed by atoms with Gasteiger partial charge in [-0.2, -0.15) is 0 Å². The number of hydrogen-bond acceptors (Lipinski definition) is 2. The second-order valence-electron chi connectivity index (χ2n) is 4.08. The molecule has 0 bridgehead atoms. The van der Waals surface area contributed by atoms with Gasteiger partial charge in [0, 0.05) is 31.4 Å². The summed E-state index contributed by atoms with van der Waals surface area (Å²) in [6, 6.07) is 7.11. The maximum atomic E-state index is 11.3. The fourth-order valence-electron chi connectivity index (χ4n) is 1.84. The topological polar surface area (TPSA) is 46.9 Å². The summed E-state index contributed by atoms with van der Waals surface area (Å²) in [6.07, 6.45) is 3.55. The normalized spacial score (nSPS) is 12.2. The summed E-state index contributed by atoms with van der Waals surface area (Å²) in [5.74, 6) is 0.662. The number of rotatable bonds is 3. The number of aromatic nitrogens is 2.